The van der Waals surface area contributed by atoms with Crippen molar-refractivity contribution in [2.24, 2.45) is 5.73 Å². The number of likely N-dealkylation sites (tertiary alicyclic amines) is 2. The van der Waals surface area contributed by atoms with Crippen LogP contribution in [0.25, 0.3) is 0 Å². The van der Waals surface area contributed by atoms with Crippen LogP contribution in [0.4, 0.5) is 5.69 Å². The lowest BCUT2D eigenvalue weighted by Gasteiger charge is -2.43. The number of methoxy groups -OCH3 is 2. The third-order valence-electron chi connectivity index (χ3n) is 6.51. The van der Waals surface area contributed by atoms with Crippen molar-refractivity contribution in [3.63, 3.8) is 0 Å². The quantitative estimate of drug-likeness (QED) is 0.448. The number of nitrogens with one attached hydrogen (secondary N) is 3. The molecule has 0 unspecified atom stereocenters. The van der Waals surface area contributed by atoms with Crippen molar-refractivity contribution in [1.29, 1.82) is 0 Å². The molecule has 2 heterocycles. The number of rotatable bonds is 7. The Morgan fingerprint density at radius 2 is 1.76 bits per heavy atom. The fraction of sp³-hybridized carbons (Fsp3) is 0.619. The molecule has 160 valence electrons. The second kappa shape index (κ2) is 9.45. The largest absolute Gasteiger partial charge is 0.497 e. The number of quaternary nitrogens is 2. The van der Waals surface area contributed by atoms with E-state index in [0.717, 1.165) is 51.9 Å². The maximum Gasteiger partial charge on any atom is 0.279 e. The predicted molar refractivity (Wildman–Crippen MR) is 109 cm³/mol. The van der Waals surface area contributed by atoms with Crippen LogP contribution in [0.3, 0.4) is 0 Å². The van der Waals surface area contributed by atoms with Gasteiger partial charge in [0.15, 0.2) is 12.1 Å². The topological polar surface area (TPSA) is 99.5 Å². The number of carbonyl (C=O) groups is 2. The van der Waals surface area contributed by atoms with Crippen molar-refractivity contribution in [3.05, 3.63) is 18.2 Å². The summed E-state index contributed by atoms with van der Waals surface area (Å²) in [5.74, 6) is 0.985. The molecule has 0 spiro atoms. The number of primary amides is 1. The normalized spacial score (nSPS) is 25.2. The fourth-order valence-corrected chi connectivity index (χ4v) is 4.76. The summed E-state index contributed by atoms with van der Waals surface area (Å²) in [5, 5.41) is 2.93. The van der Waals surface area contributed by atoms with Crippen molar-refractivity contribution >= 4 is 17.5 Å². The van der Waals surface area contributed by atoms with Gasteiger partial charge < -0.3 is 30.3 Å². The zero-order chi connectivity index (χ0) is 20.9. The van der Waals surface area contributed by atoms with E-state index in [9.17, 15) is 9.59 Å². The SMILES string of the molecule is COc1ccc(NC(=O)C[NH+]2CCC(C(N)=O)([NH+]3CCCCC3)CC2)c(OC)c1. The van der Waals surface area contributed by atoms with E-state index in [2.05, 4.69) is 5.32 Å². The molecular weight excluding hydrogens is 372 g/mol. The number of nitrogens with two attached hydrogens (primary N) is 1. The van der Waals surface area contributed by atoms with Crippen LogP contribution in [-0.2, 0) is 9.59 Å². The van der Waals surface area contributed by atoms with Crippen LogP contribution in [-0.4, -0.2) is 64.3 Å². The molecule has 0 radical (unpaired) electrons. The summed E-state index contributed by atoms with van der Waals surface area (Å²) in [4.78, 5) is 27.5. The Bertz CT molecular complexity index is 725. The molecule has 0 atom stereocenters. The molecule has 0 saturated carbocycles. The maximum atomic E-state index is 12.6. The van der Waals surface area contributed by atoms with Crippen LogP contribution < -0.4 is 30.3 Å². The number of anilines is 1. The summed E-state index contributed by atoms with van der Waals surface area (Å²) in [6.07, 6.45) is 5.04. The van der Waals surface area contributed by atoms with E-state index in [1.165, 1.54) is 16.2 Å². The van der Waals surface area contributed by atoms with Gasteiger partial charge in [0, 0.05) is 6.07 Å². The number of amides is 2. The number of piperidine rings is 2. The molecule has 8 heteroatoms. The molecule has 2 saturated heterocycles. The average molecular weight is 407 g/mol. The third-order valence-corrected chi connectivity index (χ3v) is 6.51. The van der Waals surface area contributed by atoms with Crippen LogP contribution in [0.1, 0.15) is 32.1 Å². The summed E-state index contributed by atoms with van der Waals surface area (Å²) in [6, 6.07) is 5.30. The van der Waals surface area contributed by atoms with Gasteiger partial charge in [-0.3, -0.25) is 9.59 Å². The van der Waals surface area contributed by atoms with Crippen molar-refractivity contribution in [3.8, 4) is 11.5 Å². The molecule has 0 aliphatic carbocycles. The first kappa shape index (κ1) is 21.4. The predicted octanol–water partition coefficient (Wildman–Crippen LogP) is -1.39. The van der Waals surface area contributed by atoms with E-state index in [-0.39, 0.29) is 11.8 Å². The first-order chi connectivity index (χ1) is 14.0. The first-order valence-electron chi connectivity index (χ1n) is 10.5. The Labute approximate surface area is 172 Å². The Kier molecular flexibility index (Phi) is 6.97. The number of ether oxygens (including phenoxy) is 2. The molecule has 0 aromatic heterocycles. The zero-order valence-corrected chi connectivity index (χ0v) is 17.5. The van der Waals surface area contributed by atoms with E-state index in [1.807, 2.05) is 0 Å². The van der Waals surface area contributed by atoms with E-state index < -0.39 is 5.54 Å². The van der Waals surface area contributed by atoms with Gasteiger partial charge in [0.25, 0.3) is 11.8 Å². The fourth-order valence-electron chi connectivity index (χ4n) is 4.76. The Morgan fingerprint density at radius 3 is 2.34 bits per heavy atom. The Morgan fingerprint density at radius 1 is 1.07 bits per heavy atom. The van der Waals surface area contributed by atoms with E-state index in [4.69, 9.17) is 15.2 Å². The molecular formula is C21H34N4O4+2. The molecule has 2 amide bonds. The lowest BCUT2D eigenvalue weighted by atomic mass is 9.83. The Hall–Kier alpha value is -2.32. The summed E-state index contributed by atoms with van der Waals surface area (Å²) >= 11 is 0. The standard InChI is InChI=1S/C21H32N4O4/c1-28-16-6-7-17(18(14-16)29-2)23-19(26)15-24-12-8-21(9-13-24,20(22)27)25-10-4-3-5-11-25/h6-7,14H,3-5,8-13,15H2,1-2H3,(H2,22,27)(H,23,26)/p+2. The van der Waals surface area contributed by atoms with E-state index in [1.54, 1.807) is 32.4 Å². The lowest BCUT2D eigenvalue weighted by molar-refractivity contribution is -0.972. The highest BCUT2D eigenvalue weighted by atomic mass is 16.5. The van der Waals surface area contributed by atoms with Crippen LogP contribution in [0.15, 0.2) is 18.2 Å². The average Bonchev–Trinajstić information content (AvgIpc) is 2.75. The van der Waals surface area contributed by atoms with Gasteiger partial charge in [0.1, 0.15) is 11.5 Å². The van der Waals surface area contributed by atoms with Crippen molar-refractivity contribution in [1.82, 2.24) is 0 Å². The molecule has 0 bridgehead atoms. The van der Waals surface area contributed by atoms with Gasteiger partial charge in [-0.2, -0.15) is 0 Å². The molecule has 2 aliphatic heterocycles. The van der Waals surface area contributed by atoms with Crippen LogP contribution in [0, 0.1) is 0 Å². The first-order valence-corrected chi connectivity index (χ1v) is 10.5. The van der Waals surface area contributed by atoms with Crippen LogP contribution >= 0.6 is 0 Å². The minimum Gasteiger partial charge on any atom is -0.497 e. The van der Waals surface area contributed by atoms with Gasteiger partial charge in [0.05, 0.1) is 58.9 Å². The molecule has 29 heavy (non-hydrogen) atoms. The number of carbonyl (C=O) groups excluding carboxylic acids is 2. The van der Waals surface area contributed by atoms with Gasteiger partial charge in [-0.1, -0.05) is 0 Å². The van der Waals surface area contributed by atoms with E-state index in [0.29, 0.717) is 23.7 Å². The van der Waals surface area contributed by atoms with Crippen molar-refractivity contribution in [2.45, 2.75) is 37.6 Å². The summed E-state index contributed by atoms with van der Waals surface area (Å²) in [6.45, 7) is 3.96. The zero-order valence-electron chi connectivity index (χ0n) is 17.5. The van der Waals surface area contributed by atoms with Crippen molar-refractivity contribution < 1.29 is 28.9 Å². The number of hydrogen-bond donors (Lipinski definition) is 4. The number of hydrogen-bond acceptors (Lipinski definition) is 4. The molecule has 8 nitrogen and oxygen atoms in total. The highest BCUT2D eigenvalue weighted by molar-refractivity contribution is 5.93. The highest BCUT2D eigenvalue weighted by Crippen LogP contribution is 2.28. The van der Waals surface area contributed by atoms with E-state index >= 15 is 0 Å². The minimum absolute atomic E-state index is 0.0691. The molecule has 3 rings (SSSR count). The van der Waals surface area contributed by atoms with Gasteiger partial charge in [-0.05, 0) is 31.4 Å². The third kappa shape index (κ3) is 4.82. The van der Waals surface area contributed by atoms with Crippen LogP contribution in [0.5, 0.6) is 11.5 Å². The van der Waals surface area contributed by atoms with Crippen LogP contribution in [0.2, 0.25) is 0 Å². The molecule has 1 aromatic rings. The molecule has 2 aliphatic rings. The van der Waals surface area contributed by atoms with Gasteiger partial charge in [0.2, 0.25) is 0 Å². The Balaban J connectivity index is 1.57. The second-order valence-corrected chi connectivity index (χ2v) is 8.15. The smallest absolute Gasteiger partial charge is 0.279 e. The summed E-state index contributed by atoms with van der Waals surface area (Å²) in [7, 11) is 3.15. The monoisotopic (exact) mass is 406 g/mol. The molecule has 2 fully saturated rings. The number of benzene rings is 1. The molecule has 5 N–H and O–H groups in total. The highest BCUT2D eigenvalue weighted by Gasteiger charge is 2.50. The second-order valence-electron chi connectivity index (χ2n) is 8.15. The maximum absolute atomic E-state index is 12.6. The summed E-state index contributed by atoms with van der Waals surface area (Å²) < 4.78 is 10.5. The van der Waals surface area contributed by atoms with Gasteiger partial charge in [-0.25, -0.2) is 0 Å². The lowest BCUT2D eigenvalue weighted by Crippen LogP contribution is -3.26. The van der Waals surface area contributed by atoms with Gasteiger partial charge >= 0.3 is 0 Å². The van der Waals surface area contributed by atoms with Gasteiger partial charge in [-0.15, -0.1) is 0 Å². The van der Waals surface area contributed by atoms with Crippen molar-refractivity contribution in [2.75, 3.05) is 52.3 Å². The summed E-state index contributed by atoms with van der Waals surface area (Å²) in [5.41, 5.74) is 6.03. The minimum atomic E-state index is -0.459. The molecule has 1 aromatic carbocycles.